The summed E-state index contributed by atoms with van der Waals surface area (Å²) in [5.74, 6) is -3.21. The van der Waals surface area contributed by atoms with Crippen LogP contribution in [0.15, 0.2) is 18.2 Å². The SMILES string of the molecule is CC(C)C(C(=O)O)S(=O)Cc1ccc(C(N)=O)cc1F. The zero-order valence-electron chi connectivity index (χ0n) is 11.1. The molecule has 0 aromatic heterocycles. The second kappa shape index (κ2) is 6.60. The smallest absolute Gasteiger partial charge is 0.319 e. The number of rotatable bonds is 6. The summed E-state index contributed by atoms with van der Waals surface area (Å²) in [5.41, 5.74) is 5.13. The van der Waals surface area contributed by atoms with E-state index in [1.165, 1.54) is 12.1 Å². The number of carboxylic acid groups (broad SMARTS) is 1. The van der Waals surface area contributed by atoms with Crippen LogP contribution < -0.4 is 5.73 Å². The molecule has 0 aliphatic rings. The first-order valence-corrected chi connectivity index (χ1v) is 7.30. The van der Waals surface area contributed by atoms with Gasteiger partial charge in [0.2, 0.25) is 5.91 Å². The van der Waals surface area contributed by atoms with Gasteiger partial charge in [-0.15, -0.1) is 0 Å². The molecule has 1 aromatic carbocycles. The van der Waals surface area contributed by atoms with Crippen LogP contribution in [-0.4, -0.2) is 26.4 Å². The first-order valence-electron chi connectivity index (χ1n) is 5.92. The van der Waals surface area contributed by atoms with Crippen molar-refractivity contribution in [2.24, 2.45) is 11.7 Å². The summed E-state index contributed by atoms with van der Waals surface area (Å²) in [7, 11) is -1.75. The van der Waals surface area contributed by atoms with Gasteiger partial charge in [-0.2, -0.15) is 0 Å². The normalized spacial score (nSPS) is 14.0. The monoisotopic (exact) mass is 301 g/mol. The van der Waals surface area contributed by atoms with Gasteiger partial charge in [0.05, 0.1) is 5.75 Å². The van der Waals surface area contributed by atoms with Crippen molar-refractivity contribution in [3.05, 3.63) is 35.1 Å². The molecule has 110 valence electrons. The maximum absolute atomic E-state index is 13.7. The van der Waals surface area contributed by atoms with E-state index in [0.29, 0.717) is 0 Å². The minimum atomic E-state index is -1.75. The number of halogens is 1. The molecular weight excluding hydrogens is 285 g/mol. The molecule has 1 rings (SSSR count). The average molecular weight is 301 g/mol. The van der Waals surface area contributed by atoms with E-state index in [1.54, 1.807) is 13.8 Å². The number of carbonyl (C=O) groups excluding carboxylic acids is 1. The van der Waals surface area contributed by atoms with Gasteiger partial charge in [0, 0.05) is 21.9 Å². The topological polar surface area (TPSA) is 97.5 Å². The van der Waals surface area contributed by atoms with Crippen LogP contribution >= 0.6 is 0 Å². The van der Waals surface area contributed by atoms with Gasteiger partial charge in [0.15, 0.2) is 0 Å². The van der Waals surface area contributed by atoms with Crippen molar-refractivity contribution >= 4 is 22.7 Å². The van der Waals surface area contributed by atoms with Gasteiger partial charge in [-0.05, 0) is 18.1 Å². The molecule has 0 spiro atoms. The van der Waals surface area contributed by atoms with Crippen molar-refractivity contribution < 1.29 is 23.3 Å². The second-order valence-electron chi connectivity index (χ2n) is 4.70. The van der Waals surface area contributed by atoms with Gasteiger partial charge in [-0.1, -0.05) is 19.9 Å². The van der Waals surface area contributed by atoms with Gasteiger partial charge < -0.3 is 10.8 Å². The fraction of sp³-hybridized carbons (Fsp3) is 0.385. The summed E-state index contributed by atoms with van der Waals surface area (Å²) >= 11 is 0. The standard InChI is InChI=1S/C13H16FNO4S/c1-7(2)11(13(17)18)20(19)6-9-4-3-8(12(15)16)5-10(9)14/h3-5,7,11H,6H2,1-2H3,(H2,15,16)(H,17,18). The molecule has 0 bridgehead atoms. The molecule has 1 amide bonds. The zero-order chi connectivity index (χ0) is 15.4. The van der Waals surface area contributed by atoms with Gasteiger partial charge in [0.1, 0.15) is 11.1 Å². The zero-order valence-corrected chi connectivity index (χ0v) is 11.9. The van der Waals surface area contributed by atoms with E-state index in [2.05, 4.69) is 0 Å². The van der Waals surface area contributed by atoms with Crippen LogP contribution in [0.5, 0.6) is 0 Å². The number of hydrogen-bond acceptors (Lipinski definition) is 3. The van der Waals surface area contributed by atoms with Crippen molar-refractivity contribution in [3.8, 4) is 0 Å². The lowest BCUT2D eigenvalue weighted by molar-refractivity contribution is -0.137. The molecule has 0 aliphatic heterocycles. The van der Waals surface area contributed by atoms with Gasteiger partial charge in [-0.25, -0.2) is 4.39 Å². The predicted molar refractivity (Wildman–Crippen MR) is 73.0 cm³/mol. The Morgan fingerprint density at radius 3 is 2.40 bits per heavy atom. The number of aliphatic carboxylic acids is 1. The lowest BCUT2D eigenvalue weighted by Gasteiger charge is -2.16. The molecule has 3 N–H and O–H groups in total. The number of benzene rings is 1. The molecule has 5 nitrogen and oxygen atoms in total. The highest BCUT2D eigenvalue weighted by molar-refractivity contribution is 7.85. The van der Waals surface area contributed by atoms with E-state index < -0.39 is 33.7 Å². The van der Waals surface area contributed by atoms with Gasteiger partial charge in [0.25, 0.3) is 0 Å². The Bertz CT molecular complexity index is 559. The largest absolute Gasteiger partial charge is 0.480 e. The summed E-state index contributed by atoms with van der Waals surface area (Å²) in [4.78, 5) is 21.9. The highest BCUT2D eigenvalue weighted by Crippen LogP contribution is 2.17. The number of amides is 1. The van der Waals surface area contributed by atoms with E-state index in [9.17, 15) is 18.2 Å². The van der Waals surface area contributed by atoms with E-state index in [-0.39, 0.29) is 22.8 Å². The van der Waals surface area contributed by atoms with Crippen LogP contribution in [0.2, 0.25) is 0 Å². The number of carbonyl (C=O) groups is 2. The lowest BCUT2D eigenvalue weighted by atomic mass is 10.1. The van der Waals surface area contributed by atoms with Crippen molar-refractivity contribution in [1.29, 1.82) is 0 Å². The van der Waals surface area contributed by atoms with Crippen molar-refractivity contribution in [1.82, 2.24) is 0 Å². The van der Waals surface area contributed by atoms with E-state index in [0.717, 1.165) is 6.07 Å². The minimum absolute atomic E-state index is 0.00989. The van der Waals surface area contributed by atoms with E-state index in [1.807, 2.05) is 0 Å². The third-order valence-electron chi connectivity index (χ3n) is 2.77. The van der Waals surface area contributed by atoms with Crippen molar-refractivity contribution in [2.75, 3.05) is 0 Å². The maximum Gasteiger partial charge on any atom is 0.319 e. The number of hydrogen-bond donors (Lipinski definition) is 2. The fourth-order valence-corrected chi connectivity index (χ4v) is 3.31. The van der Waals surface area contributed by atoms with Crippen LogP contribution in [0.4, 0.5) is 4.39 Å². The molecule has 7 heteroatoms. The summed E-state index contributed by atoms with van der Waals surface area (Å²) < 4.78 is 25.8. The number of nitrogens with two attached hydrogens (primary N) is 1. The minimum Gasteiger partial charge on any atom is -0.480 e. The molecular formula is C13H16FNO4S. The highest BCUT2D eigenvalue weighted by atomic mass is 32.2. The molecule has 0 aliphatic carbocycles. The molecule has 0 radical (unpaired) electrons. The third kappa shape index (κ3) is 3.86. The molecule has 2 atom stereocenters. The molecule has 1 aromatic rings. The molecule has 0 fully saturated rings. The Morgan fingerprint density at radius 1 is 1.40 bits per heavy atom. The van der Waals surface area contributed by atoms with Crippen LogP contribution in [0.3, 0.4) is 0 Å². The van der Waals surface area contributed by atoms with Crippen LogP contribution in [-0.2, 0) is 21.3 Å². The van der Waals surface area contributed by atoms with Gasteiger partial charge >= 0.3 is 5.97 Å². The van der Waals surface area contributed by atoms with Crippen LogP contribution in [0, 0.1) is 11.7 Å². The summed E-state index contributed by atoms with van der Waals surface area (Å²) in [6.07, 6.45) is 0. The number of primary amides is 1. The lowest BCUT2D eigenvalue weighted by Crippen LogP contribution is -2.31. The first-order chi connectivity index (χ1) is 9.23. The Labute approximate surface area is 118 Å². The molecule has 2 unspecified atom stereocenters. The molecule has 0 saturated heterocycles. The summed E-state index contributed by atoms with van der Waals surface area (Å²) in [6, 6.07) is 3.58. The van der Waals surface area contributed by atoms with E-state index in [4.69, 9.17) is 10.8 Å². The van der Waals surface area contributed by atoms with Crippen LogP contribution in [0.25, 0.3) is 0 Å². The molecule has 0 heterocycles. The quantitative estimate of drug-likeness (QED) is 0.827. The molecule has 20 heavy (non-hydrogen) atoms. The summed E-state index contributed by atoms with van der Waals surface area (Å²) in [5, 5.41) is 7.97. The Morgan fingerprint density at radius 2 is 2.00 bits per heavy atom. The second-order valence-corrected chi connectivity index (χ2v) is 6.26. The Balaban J connectivity index is 2.96. The molecule has 0 saturated carbocycles. The highest BCUT2D eigenvalue weighted by Gasteiger charge is 2.28. The fourth-order valence-electron chi connectivity index (χ4n) is 1.76. The first kappa shape index (κ1) is 16.3. The van der Waals surface area contributed by atoms with Crippen molar-refractivity contribution in [3.63, 3.8) is 0 Å². The predicted octanol–water partition coefficient (Wildman–Crippen LogP) is 1.28. The van der Waals surface area contributed by atoms with Gasteiger partial charge in [-0.3, -0.25) is 13.8 Å². The summed E-state index contributed by atoms with van der Waals surface area (Å²) in [6.45, 7) is 3.28. The Hall–Kier alpha value is -1.76. The number of carboxylic acids is 1. The van der Waals surface area contributed by atoms with Crippen LogP contribution in [0.1, 0.15) is 29.8 Å². The maximum atomic E-state index is 13.7. The van der Waals surface area contributed by atoms with E-state index >= 15 is 0 Å². The Kier molecular flexibility index (Phi) is 5.38. The third-order valence-corrected chi connectivity index (χ3v) is 4.68. The average Bonchev–Trinajstić information content (AvgIpc) is 2.30. The van der Waals surface area contributed by atoms with Crippen molar-refractivity contribution in [2.45, 2.75) is 24.9 Å².